The zero-order valence-electron chi connectivity index (χ0n) is 11.4. The van der Waals surface area contributed by atoms with Gasteiger partial charge in [0, 0.05) is 10.2 Å². The van der Waals surface area contributed by atoms with Gasteiger partial charge < -0.3 is 0 Å². The van der Waals surface area contributed by atoms with E-state index in [2.05, 4.69) is 37.0 Å². The van der Waals surface area contributed by atoms with Crippen LogP contribution >= 0.6 is 15.9 Å². The van der Waals surface area contributed by atoms with Crippen molar-refractivity contribution in [2.24, 2.45) is 0 Å². The van der Waals surface area contributed by atoms with E-state index in [0.29, 0.717) is 10.0 Å². The van der Waals surface area contributed by atoms with Crippen LogP contribution in [0.4, 0.5) is 0 Å². The molecule has 2 rings (SSSR count). The Balaban J connectivity index is 1.94. The van der Waals surface area contributed by atoms with Crippen LogP contribution in [-0.2, 0) is 6.42 Å². The number of nitrogens with one attached hydrogen (secondary N) is 3. The van der Waals surface area contributed by atoms with Gasteiger partial charge in [0.2, 0.25) is 0 Å². The Kier molecular flexibility index (Phi) is 5.10. The molecule has 2 amide bonds. The summed E-state index contributed by atoms with van der Waals surface area (Å²) in [4.78, 5) is 23.8. The van der Waals surface area contributed by atoms with E-state index in [-0.39, 0.29) is 5.69 Å². The number of aryl methyl sites for hydroxylation is 1. The number of halogens is 1. The van der Waals surface area contributed by atoms with E-state index in [1.165, 1.54) is 0 Å². The third kappa shape index (κ3) is 3.91. The van der Waals surface area contributed by atoms with Crippen LogP contribution in [0.2, 0.25) is 0 Å². The summed E-state index contributed by atoms with van der Waals surface area (Å²) in [7, 11) is 0. The number of hydrazine groups is 1. The molecular formula is C14H15BrN4O2. The first-order valence-electron chi connectivity index (χ1n) is 6.51. The smallest absolute Gasteiger partial charge is 0.282 e. The Morgan fingerprint density at radius 3 is 2.67 bits per heavy atom. The first kappa shape index (κ1) is 15.2. The van der Waals surface area contributed by atoms with Crippen molar-refractivity contribution in [3.8, 4) is 0 Å². The van der Waals surface area contributed by atoms with Gasteiger partial charge in [-0.1, -0.05) is 25.5 Å². The van der Waals surface area contributed by atoms with Crippen LogP contribution in [-0.4, -0.2) is 22.0 Å². The van der Waals surface area contributed by atoms with Crippen LogP contribution in [0.25, 0.3) is 0 Å². The predicted molar refractivity (Wildman–Crippen MR) is 81.7 cm³/mol. The monoisotopic (exact) mass is 350 g/mol. The van der Waals surface area contributed by atoms with Gasteiger partial charge in [-0.2, -0.15) is 5.10 Å². The number of carbonyl (C=O) groups is 2. The van der Waals surface area contributed by atoms with Gasteiger partial charge in [-0.05, 0) is 40.5 Å². The lowest BCUT2D eigenvalue weighted by molar-refractivity contribution is 0.0843. The molecule has 1 aromatic heterocycles. The van der Waals surface area contributed by atoms with Crippen LogP contribution in [0.5, 0.6) is 0 Å². The Morgan fingerprint density at radius 2 is 1.95 bits per heavy atom. The van der Waals surface area contributed by atoms with Crippen molar-refractivity contribution in [2.45, 2.75) is 19.8 Å². The molecule has 0 atom stereocenters. The Morgan fingerprint density at radius 1 is 1.24 bits per heavy atom. The van der Waals surface area contributed by atoms with Gasteiger partial charge in [-0.25, -0.2) is 0 Å². The highest BCUT2D eigenvalue weighted by Gasteiger charge is 2.13. The number of aromatic nitrogens is 2. The third-order valence-electron chi connectivity index (χ3n) is 2.79. The lowest BCUT2D eigenvalue weighted by atomic mass is 10.2. The van der Waals surface area contributed by atoms with Gasteiger partial charge in [0.15, 0.2) is 5.69 Å². The number of carbonyl (C=O) groups excluding carboxylic acids is 2. The lowest BCUT2D eigenvalue weighted by Crippen LogP contribution is -2.41. The Hall–Kier alpha value is -2.15. The van der Waals surface area contributed by atoms with E-state index >= 15 is 0 Å². The first-order chi connectivity index (χ1) is 10.1. The van der Waals surface area contributed by atoms with Crippen LogP contribution in [0.1, 0.15) is 39.9 Å². The van der Waals surface area contributed by atoms with E-state index in [9.17, 15) is 9.59 Å². The number of amides is 2. The van der Waals surface area contributed by atoms with Crippen molar-refractivity contribution in [1.82, 2.24) is 21.0 Å². The Labute approximate surface area is 130 Å². The second-order valence-corrected chi connectivity index (χ2v) is 5.27. The molecule has 3 N–H and O–H groups in total. The molecule has 7 heteroatoms. The molecular weight excluding hydrogens is 336 g/mol. The number of nitrogens with zero attached hydrogens (tertiary/aromatic N) is 1. The predicted octanol–water partition coefficient (Wildman–Crippen LogP) is 2.20. The minimum atomic E-state index is -0.464. The fourth-order valence-electron chi connectivity index (χ4n) is 1.77. The average molecular weight is 351 g/mol. The highest BCUT2D eigenvalue weighted by molar-refractivity contribution is 9.10. The van der Waals surface area contributed by atoms with Gasteiger partial charge in [-0.15, -0.1) is 0 Å². The number of hydrogen-bond donors (Lipinski definition) is 3. The van der Waals surface area contributed by atoms with Gasteiger partial charge in [0.1, 0.15) is 0 Å². The molecule has 0 fully saturated rings. The van der Waals surface area contributed by atoms with Crippen molar-refractivity contribution in [1.29, 1.82) is 0 Å². The van der Waals surface area contributed by atoms with Gasteiger partial charge >= 0.3 is 0 Å². The maximum atomic E-state index is 11.9. The molecule has 1 heterocycles. The van der Waals surface area contributed by atoms with Crippen LogP contribution in [0, 0.1) is 0 Å². The zero-order valence-corrected chi connectivity index (χ0v) is 13.0. The minimum Gasteiger partial charge on any atom is -0.282 e. The quantitative estimate of drug-likeness (QED) is 0.738. The van der Waals surface area contributed by atoms with Crippen molar-refractivity contribution in [3.63, 3.8) is 0 Å². The highest BCUT2D eigenvalue weighted by Crippen LogP contribution is 2.15. The van der Waals surface area contributed by atoms with Crippen LogP contribution < -0.4 is 10.9 Å². The highest BCUT2D eigenvalue weighted by atomic mass is 79.9. The molecule has 0 unspecified atom stereocenters. The molecule has 0 aliphatic heterocycles. The maximum Gasteiger partial charge on any atom is 0.290 e. The van der Waals surface area contributed by atoms with Crippen molar-refractivity contribution in [2.75, 3.05) is 0 Å². The molecule has 0 aliphatic carbocycles. The summed E-state index contributed by atoms with van der Waals surface area (Å²) in [5.41, 5.74) is 6.26. The van der Waals surface area contributed by atoms with Gasteiger partial charge in [-0.3, -0.25) is 25.5 Å². The lowest BCUT2D eigenvalue weighted by Gasteiger charge is -2.07. The number of H-pyrrole nitrogens is 1. The van der Waals surface area contributed by atoms with E-state index in [1.54, 1.807) is 30.3 Å². The summed E-state index contributed by atoms with van der Waals surface area (Å²) < 4.78 is 0.654. The third-order valence-corrected chi connectivity index (χ3v) is 3.48. The molecule has 21 heavy (non-hydrogen) atoms. The summed E-state index contributed by atoms with van der Waals surface area (Å²) >= 11 is 3.28. The first-order valence-corrected chi connectivity index (χ1v) is 7.30. The number of aromatic amines is 1. The molecule has 0 bridgehead atoms. The Bertz CT molecular complexity index is 654. The number of rotatable bonds is 4. The molecule has 1 aromatic carbocycles. The average Bonchev–Trinajstić information content (AvgIpc) is 2.94. The van der Waals surface area contributed by atoms with E-state index in [0.717, 1.165) is 18.5 Å². The summed E-state index contributed by atoms with van der Waals surface area (Å²) in [6.45, 7) is 2.04. The minimum absolute atomic E-state index is 0.242. The molecule has 0 saturated heterocycles. The SMILES string of the molecule is CCCc1cc(C(=O)NNC(=O)c2ccccc2Br)n[nH]1. The van der Waals surface area contributed by atoms with Crippen molar-refractivity contribution in [3.05, 3.63) is 51.8 Å². The molecule has 110 valence electrons. The summed E-state index contributed by atoms with van der Waals surface area (Å²) in [6, 6.07) is 8.62. The van der Waals surface area contributed by atoms with Gasteiger partial charge in [0.05, 0.1) is 5.56 Å². The van der Waals surface area contributed by atoms with E-state index in [4.69, 9.17) is 0 Å². The molecule has 0 radical (unpaired) electrons. The molecule has 0 spiro atoms. The van der Waals surface area contributed by atoms with Crippen molar-refractivity contribution < 1.29 is 9.59 Å². The summed E-state index contributed by atoms with van der Waals surface area (Å²) in [5.74, 6) is -0.867. The van der Waals surface area contributed by atoms with E-state index in [1.807, 2.05) is 6.92 Å². The topological polar surface area (TPSA) is 86.9 Å². The fourth-order valence-corrected chi connectivity index (χ4v) is 2.23. The number of benzene rings is 1. The standard InChI is InChI=1S/C14H15BrN4O2/c1-2-5-9-8-12(17-16-9)14(21)19-18-13(20)10-6-3-4-7-11(10)15/h3-4,6-8H,2,5H2,1H3,(H,16,17)(H,18,20)(H,19,21). The van der Waals surface area contributed by atoms with Crippen LogP contribution in [0.3, 0.4) is 0 Å². The molecule has 6 nitrogen and oxygen atoms in total. The normalized spacial score (nSPS) is 10.2. The molecule has 2 aromatic rings. The summed E-state index contributed by atoms with van der Waals surface area (Å²) in [6.07, 6.45) is 1.78. The second kappa shape index (κ2) is 7.03. The molecule has 0 aliphatic rings. The maximum absolute atomic E-state index is 11.9. The number of hydrogen-bond acceptors (Lipinski definition) is 3. The second-order valence-electron chi connectivity index (χ2n) is 4.42. The van der Waals surface area contributed by atoms with E-state index < -0.39 is 11.8 Å². The molecule has 0 saturated carbocycles. The van der Waals surface area contributed by atoms with Crippen LogP contribution in [0.15, 0.2) is 34.8 Å². The van der Waals surface area contributed by atoms with Crippen molar-refractivity contribution >= 4 is 27.7 Å². The summed E-state index contributed by atoms with van der Waals surface area (Å²) in [5, 5.41) is 6.69. The fraction of sp³-hybridized carbons (Fsp3) is 0.214. The zero-order chi connectivity index (χ0) is 15.2. The van der Waals surface area contributed by atoms with Gasteiger partial charge in [0.25, 0.3) is 11.8 Å². The largest absolute Gasteiger partial charge is 0.290 e.